The lowest BCUT2D eigenvalue weighted by Gasteiger charge is -2.35. The number of hydrogen-bond acceptors (Lipinski definition) is 6. The first-order valence-electron chi connectivity index (χ1n) is 9.49. The van der Waals surface area contributed by atoms with E-state index in [1.54, 1.807) is 30.5 Å². The van der Waals surface area contributed by atoms with Crippen molar-refractivity contribution in [1.82, 2.24) is 35.6 Å². The largest absolute Gasteiger partial charge is 0.379 e. The zero-order valence-electron chi connectivity index (χ0n) is 16.2. The van der Waals surface area contributed by atoms with Crippen molar-refractivity contribution in [3.05, 3.63) is 30.1 Å². The molecule has 0 unspecified atom stereocenters. The minimum absolute atomic E-state index is 0.00272. The van der Waals surface area contributed by atoms with Crippen molar-refractivity contribution in [3.8, 4) is 0 Å². The molecule has 1 aliphatic rings. The summed E-state index contributed by atoms with van der Waals surface area (Å²) < 4.78 is 7.20. The predicted octanol–water partition coefficient (Wildman–Crippen LogP) is -0.0316. The second-order valence-corrected chi connectivity index (χ2v) is 7.07. The number of amides is 2. The predicted molar refractivity (Wildman–Crippen MR) is 100 cm³/mol. The number of aromatic nitrogens is 5. The molecule has 1 saturated carbocycles. The van der Waals surface area contributed by atoms with Crippen LogP contribution in [0.1, 0.15) is 30.7 Å². The minimum Gasteiger partial charge on any atom is -0.379 e. The molecule has 2 aromatic heterocycles. The number of carbonyl (C=O) groups is 2. The van der Waals surface area contributed by atoms with Crippen LogP contribution in [0.5, 0.6) is 0 Å². The molecule has 152 valence electrons. The van der Waals surface area contributed by atoms with E-state index >= 15 is 0 Å². The Hall–Kier alpha value is -2.75. The Morgan fingerprint density at radius 3 is 2.93 bits per heavy atom. The second-order valence-electron chi connectivity index (χ2n) is 7.07. The van der Waals surface area contributed by atoms with Crippen molar-refractivity contribution in [2.45, 2.75) is 51.3 Å². The summed E-state index contributed by atoms with van der Waals surface area (Å²) in [7, 11) is 1.64. The molecule has 0 spiro atoms. The van der Waals surface area contributed by atoms with Gasteiger partial charge in [-0.15, -0.1) is 5.10 Å². The lowest BCUT2D eigenvalue weighted by molar-refractivity contribution is -0.129. The van der Waals surface area contributed by atoms with E-state index < -0.39 is 0 Å². The third kappa shape index (κ3) is 5.16. The SMILES string of the molecule is CO[C@@H]1CC[C@H](C(=O)NCCn2ccnn2)C[C@H]1NC(=O)Cc1nc[nH]c1C. The van der Waals surface area contributed by atoms with Gasteiger partial charge in [0.15, 0.2) is 0 Å². The summed E-state index contributed by atoms with van der Waals surface area (Å²) >= 11 is 0. The number of aryl methyl sites for hydroxylation is 1. The summed E-state index contributed by atoms with van der Waals surface area (Å²) in [4.78, 5) is 32.1. The summed E-state index contributed by atoms with van der Waals surface area (Å²) in [6.07, 6.45) is 7.06. The molecule has 0 radical (unpaired) electrons. The molecule has 0 aliphatic heterocycles. The molecule has 28 heavy (non-hydrogen) atoms. The number of ether oxygens (including phenoxy) is 1. The number of imidazole rings is 1. The van der Waals surface area contributed by atoms with Crippen LogP contribution in [-0.2, 0) is 27.3 Å². The highest BCUT2D eigenvalue weighted by molar-refractivity contribution is 5.80. The highest BCUT2D eigenvalue weighted by Crippen LogP contribution is 2.27. The molecular weight excluding hydrogens is 362 g/mol. The molecule has 1 fully saturated rings. The monoisotopic (exact) mass is 389 g/mol. The quantitative estimate of drug-likeness (QED) is 0.582. The Morgan fingerprint density at radius 2 is 2.25 bits per heavy atom. The summed E-state index contributed by atoms with van der Waals surface area (Å²) in [5.74, 6) is -0.272. The Morgan fingerprint density at radius 1 is 1.39 bits per heavy atom. The van der Waals surface area contributed by atoms with Crippen LogP contribution in [0.4, 0.5) is 0 Å². The molecule has 2 aromatic rings. The third-order valence-electron chi connectivity index (χ3n) is 5.18. The first-order valence-corrected chi connectivity index (χ1v) is 9.49. The fourth-order valence-corrected chi connectivity index (χ4v) is 3.58. The van der Waals surface area contributed by atoms with Crippen molar-refractivity contribution in [2.75, 3.05) is 13.7 Å². The van der Waals surface area contributed by atoms with Crippen LogP contribution >= 0.6 is 0 Å². The number of aromatic amines is 1. The van der Waals surface area contributed by atoms with Crippen LogP contribution in [0.3, 0.4) is 0 Å². The van der Waals surface area contributed by atoms with Gasteiger partial charge in [-0.1, -0.05) is 5.21 Å². The second kappa shape index (κ2) is 9.45. The molecule has 2 amide bonds. The molecule has 0 aromatic carbocycles. The van der Waals surface area contributed by atoms with Gasteiger partial charge in [-0.25, -0.2) is 4.98 Å². The molecule has 10 nitrogen and oxygen atoms in total. The topological polar surface area (TPSA) is 127 Å². The van der Waals surface area contributed by atoms with E-state index in [2.05, 4.69) is 30.9 Å². The fourth-order valence-electron chi connectivity index (χ4n) is 3.58. The number of rotatable bonds is 8. The molecular formula is C18H27N7O3. The van der Waals surface area contributed by atoms with E-state index in [4.69, 9.17) is 4.74 Å². The number of nitrogens with one attached hydrogen (secondary N) is 3. The highest BCUT2D eigenvalue weighted by Gasteiger charge is 2.34. The van der Waals surface area contributed by atoms with Gasteiger partial charge >= 0.3 is 0 Å². The van der Waals surface area contributed by atoms with Gasteiger partial charge in [0.2, 0.25) is 11.8 Å². The molecule has 0 bridgehead atoms. The number of nitrogens with zero attached hydrogens (tertiary/aromatic N) is 4. The molecule has 10 heteroatoms. The molecule has 3 atom stereocenters. The van der Waals surface area contributed by atoms with Crippen molar-refractivity contribution in [3.63, 3.8) is 0 Å². The van der Waals surface area contributed by atoms with Gasteiger partial charge in [-0.3, -0.25) is 14.3 Å². The lowest BCUT2D eigenvalue weighted by Crippen LogP contribution is -2.50. The fraction of sp³-hybridized carbons (Fsp3) is 0.611. The Kier molecular flexibility index (Phi) is 6.75. The third-order valence-corrected chi connectivity index (χ3v) is 5.18. The van der Waals surface area contributed by atoms with E-state index in [9.17, 15) is 9.59 Å². The maximum Gasteiger partial charge on any atom is 0.226 e. The van der Waals surface area contributed by atoms with Crippen LogP contribution in [0.15, 0.2) is 18.7 Å². The first-order chi connectivity index (χ1) is 13.6. The maximum absolute atomic E-state index is 12.5. The summed E-state index contributed by atoms with van der Waals surface area (Å²) in [5.41, 5.74) is 1.61. The van der Waals surface area contributed by atoms with Crippen LogP contribution < -0.4 is 10.6 Å². The van der Waals surface area contributed by atoms with Crippen LogP contribution in [0.25, 0.3) is 0 Å². The smallest absolute Gasteiger partial charge is 0.226 e. The zero-order valence-corrected chi connectivity index (χ0v) is 16.2. The minimum atomic E-state index is -0.198. The van der Waals surface area contributed by atoms with Gasteiger partial charge in [0.05, 0.1) is 43.3 Å². The summed E-state index contributed by atoms with van der Waals surface area (Å²) in [6.45, 7) is 2.94. The maximum atomic E-state index is 12.5. The van der Waals surface area contributed by atoms with Crippen molar-refractivity contribution < 1.29 is 14.3 Å². The average Bonchev–Trinajstić information content (AvgIpc) is 3.34. The van der Waals surface area contributed by atoms with E-state index in [-0.39, 0.29) is 36.3 Å². The van der Waals surface area contributed by atoms with Gasteiger partial charge in [-0.05, 0) is 26.2 Å². The van der Waals surface area contributed by atoms with Crippen molar-refractivity contribution in [2.24, 2.45) is 5.92 Å². The Balaban J connectivity index is 1.50. The highest BCUT2D eigenvalue weighted by atomic mass is 16.5. The van der Waals surface area contributed by atoms with E-state index in [0.29, 0.717) is 19.5 Å². The van der Waals surface area contributed by atoms with Crippen LogP contribution in [0, 0.1) is 12.8 Å². The molecule has 3 N–H and O–H groups in total. The summed E-state index contributed by atoms with van der Waals surface area (Å²) in [6, 6.07) is -0.198. The van der Waals surface area contributed by atoms with Gasteiger partial charge < -0.3 is 20.4 Å². The van der Waals surface area contributed by atoms with Crippen LogP contribution in [-0.4, -0.2) is 62.6 Å². The number of H-pyrrole nitrogens is 1. The van der Waals surface area contributed by atoms with Crippen LogP contribution in [0.2, 0.25) is 0 Å². The normalized spacial score (nSPS) is 22.0. The van der Waals surface area contributed by atoms with E-state index in [1.807, 2.05) is 6.92 Å². The number of carbonyl (C=O) groups excluding carboxylic acids is 2. The summed E-state index contributed by atoms with van der Waals surface area (Å²) in [5, 5.41) is 13.6. The van der Waals surface area contributed by atoms with Gasteiger partial charge in [-0.2, -0.15) is 0 Å². The standard InChI is InChI=1S/C18H27N7O3/c1-12-14(21-11-20-12)10-17(26)23-15-9-13(3-4-16(15)28-2)18(27)19-5-7-25-8-6-22-24-25/h6,8,11,13,15-16H,3-5,7,9-10H2,1-2H3,(H,19,27)(H,20,21)(H,23,26)/t13-,15+,16+/m0/s1. The van der Waals surface area contributed by atoms with Gasteiger partial charge in [0.1, 0.15) is 0 Å². The molecule has 2 heterocycles. The lowest BCUT2D eigenvalue weighted by atomic mass is 9.83. The number of methoxy groups -OCH3 is 1. The average molecular weight is 389 g/mol. The molecule has 1 aliphatic carbocycles. The van der Waals surface area contributed by atoms with Crippen molar-refractivity contribution >= 4 is 11.8 Å². The molecule has 0 saturated heterocycles. The van der Waals surface area contributed by atoms with Gasteiger partial charge in [0.25, 0.3) is 0 Å². The van der Waals surface area contributed by atoms with E-state index in [1.165, 1.54) is 0 Å². The van der Waals surface area contributed by atoms with E-state index in [0.717, 1.165) is 24.2 Å². The molecule has 3 rings (SSSR count). The number of hydrogen-bond donors (Lipinski definition) is 3. The first kappa shape index (κ1) is 20.0. The zero-order chi connectivity index (χ0) is 19.9. The Bertz CT molecular complexity index is 774. The Labute approximate surface area is 163 Å². The van der Waals surface area contributed by atoms with Gasteiger partial charge in [0, 0.05) is 31.5 Å². The van der Waals surface area contributed by atoms with Crippen molar-refractivity contribution in [1.29, 1.82) is 0 Å².